The molecule has 7 heteroatoms. The number of ether oxygens (including phenoxy) is 5. The monoisotopic (exact) mass is 483 g/mol. The zero-order valence-corrected chi connectivity index (χ0v) is 21.5. The molecule has 1 radical (unpaired) electrons. The minimum absolute atomic E-state index is 0.216. The molecule has 0 amide bonds. The molecule has 7 atom stereocenters. The van der Waals surface area contributed by atoms with Crippen molar-refractivity contribution in [3.63, 3.8) is 0 Å². The molecule has 3 saturated heterocycles. The highest BCUT2D eigenvalue weighted by Gasteiger charge is 2.72. The molecule has 1 unspecified atom stereocenters. The lowest BCUT2D eigenvalue weighted by Gasteiger charge is -2.49. The van der Waals surface area contributed by atoms with Crippen molar-refractivity contribution in [1.82, 2.24) is 0 Å². The van der Waals surface area contributed by atoms with Gasteiger partial charge in [-0.25, -0.2) is 0 Å². The van der Waals surface area contributed by atoms with Crippen LogP contribution in [0, 0.1) is 0 Å². The van der Waals surface area contributed by atoms with Gasteiger partial charge in [-0.05, 0) is 16.6 Å². The Morgan fingerprint density at radius 3 is 2.09 bits per heavy atom. The van der Waals surface area contributed by atoms with Crippen molar-refractivity contribution in [2.75, 3.05) is 13.7 Å². The van der Waals surface area contributed by atoms with E-state index >= 15 is 0 Å². The van der Waals surface area contributed by atoms with Crippen molar-refractivity contribution in [2.24, 2.45) is 0 Å². The molecule has 34 heavy (non-hydrogen) atoms. The van der Waals surface area contributed by atoms with Crippen molar-refractivity contribution < 1.29 is 28.1 Å². The second-order valence-electron chi connectivity index (χ2n) is 9.91. The first-order chi connectivity index (χ1) is 16.4. The van der Waals surface area contributed by atoms with Gasteiger partial charge in [0.25, 0.3) is 0 Å². The lowest BCUT2D eigenvalue weighted by Crippen LogP contribution is -2.65. The number of rotatable bonds is 7. The molecule has 3 heterocycles. The molecule has 0 aromatic heterocycles. The maximum atomic E-state index is 6.94. The largest absolute Gasteiger partial charge is 0.405 e. The molecule has 2 aromatic rings. The second kappa shape index (κ2) is 9.82. The van der Waals surface area contributed by atoms with Gasteiger partial charge in [-0.1, -0.05) is 88.4 Å². The minimum Gasteiger partial charge on any atom is -0.405 e. The summed E-state index contributed by atoms with van der Waals surface area (Å²) in [7, 11) is 0.543. The lowest BCUT2D eigenvalue weighted by molar-refractivity contribution is -0.347. The summed E-state index contributed by atoms with van der Waals surface area (Å²) in [5.74, 6) is -0.908. The van der Waals surface area contributed by atoms with Crippen LogP contribution in [-0.4, -0.2) is 53.0 Å². The third-order valence-corrected chi connectivity index (χ3v) is 9.67. The number of fused-ring (bicyclic) bond motifs is 1. The van der Waals surface area contributed by atoms with Crippen molar-refractivity contribution >= 4 is 9.04 Å². The zero-order valence-electron chi connectivity index (χ0n) is 20.5. The maximum absolute atomic E-state index is 6.94. The summed E-state index contributed by atoms with van der Waals surface area (Å²) < 4.78 is 38.7. The van der Waals surface area contributed by atoms with Crippen LogP contribution < -0.4 is 0 Å². The molecular formula is C27H35O6Si. The normalized spacial score (nSPS) is 35.2. The fraction of sp³-hybridized carbons (Fsp3) is 0.556. The molecular weight excluding hydrogens is 448 g/mol. The first-order valence-electron chi connectivity index (χ1n) is 12.2. The van der Waals surface area contributed by atoms with E-state index in [4.69, 9.17) is 28.1 Å². The Balaban J connectivity index is 1.47. The van der Waals surface area contributed by atoms with Crippen LogP contribution in [0.25, 0.3) is 0 Å². The summed E-state index contributed by atoms with van der Waals surface area (Å²) in [5.41, 5.74) is 2.91. The van der Waals surface area contributed by atoms with E-state index in [0.717, 1.165) is 11.1 Å². The molecule has 183 valence electrons. The van der Waals surface area contributed by atoms with Crippen molar-refractivity contribution in [1.29, 1.82) is 0 Å². The van der Waals surface area contributed by atoms with Gasteiger partial charge in [0.05, 0.1) is 6.61 Å². The predicted octanol–water partition coefficient (Wildman–Crippen LogP) is 5.18. The van der Waals surface area contributed by atoms with E-state index in [-0.39, 0.29) is 24.4 Å². The van der Waals surface area contributed by atoms with E-state index in [1.54, 1.807) is 7.11 Å². The molecule has 5 rings (SSSR count). The number of hydrogen-bond donors (Lipinski definition) is 0. The van der Waals surface area contributed by atoms with Crippen LogP contribution in [0.2, 0.25) is 11.1 Å². The molecule has 3 fully saturated rings. The third kappa shape index (κ3) is 4.39. The lowest BCUT2D eigenvalue weighted by atomic mass is 9.90. The summed E-state index contributed by atoms with van der Waals surface area (Å²) in [6.45, 7) is 9.32. The third-order valence-electron chi connectivity index (χ3n) is 6.87. The first kappa shape index (κ1) is 24.1. The Bertz CT molecular complexity index is 933. The van der Waals surface area contributed by atoms with Gasteiger partial charge in [-0.2, -0.15) is 0 Å². The number of hydrogen-bond acceptors (Lipinski definition) is 6. The second-order valence-corrected chi connectivity index (χ2v) is 13.3. The highest BCUT2D eigenvalue weighted by molar-refractivity contribution is 6.55. The van der Waals surface area contributed by atoms with Gasteiger partial charge < -0.3 is 28.1 Å². The average Bonchev–Trinajstić information content (AvgIpc) is 3.56. The number of methoxy groups -OCH3 is 1. The summed E-state index contributed by atoms with van der Waals surface area (Å²) in [4.78, 5) is 0. The van der Waals surface area contributed by atoms with Gasteiger partial charge in [0.2, 0.25) is 14.8 Å². The quantitative estimate of drug-likeness (QED) is 0.400. The van der Waals surface area contributed by atoms with E-state index in [1.807, 2.05) is 48.5 Å². The zero-order chi connectivity index (χ0) is 23.9. The SMILES string of the molecule is CO[C@@H]1[C@@H]2O[C@H](c3ccccc3)OC[C@H]2OC2(O[C@@H]2c2ccccc2)[C@H]1O[Si](C(C)C)C(C)C. The topological polar surface area (TPSA) is 58.7 Å². The standard InChI is InChI=1S/C27H35O6Si/c1-17(2)34(18(3)4)33-25-23(28-5)22-21(16-29-26(30-22)20-14-10-7-11-15-20)31-27(25)24(32-27)19-12-8-6-9-13-19/h6-15,17-18,21-26H,16H2,1-5H3/t21-,22-,23-,24-,25+,26-,27?/m1/s1. The van der Waals surface area contributed by atoms with Crippen molar-refractivity contribution in [3.05, 3.63) is 71.8 Å². The van der Waals surface area contributed by atoms with Gasteiger partial charge in [0.15, 0.2) is 6.29 Å². The summed E-state index contributed by atoms with van der Waals surface area (Å²) in [6, 6.07) is 20.2. The molecule has 1 spiro atoms. The maximum Gasteiger partial charge on any atom is 0.229 e. The predicted molar refractivity (Wildman–Crippen MR) is 130 cm³/mol. The molecule has 0 N–H and O–H groups in total. The van der Waals surface area contributed by atoms with E-state index in [1.165, 1.54) is 0 Å². The van der Waals surface area contributed by atoms with Crippen LogP contribution in [0.3, 0.4) is 0 Å². The summed E-state index contributed by atoms with van der Waals surface area (Å²) >= 11 is 0. The Labute approximate surface area is 204 Å². The summed E-state index contributed by atoms with van der Waals surface area (Å²) in [5, 5.41) is 0. The Kier molecular flexibility index (Phi) is 6.97. The van der Waals surface area contributed by atoms with E-state index < -0.39 is 27.2 Å². The minimum atomic E-state index is -1.18. The van der Waals surface area contributed by atoms with E-state index in [9.17, 15) is 0 Å². The van der Waals surface area contributed by atoms with E-state index in [0.29, 0.717) is 17.7 Å². The highest BCUT2D eigenvalue weighted by atomic mass is 28.3. The Morgan fingerprint density at radius 2 is 1.50 bits per heavy atom. The van der Waals surface area contributed by atoms with Gasteiger partial charge in [-0.15, -0.1) is 0 Å². The molecule has 2 aromatic carbocycles. The molecule has 0 bridgehead atoms. The molecule has 3 aliphatic heterocycles. The fourth-order valence-electron chi connectivity index (χ4n) is 5.30. The molecule has 0 saturated carbocycles. The number of benzene rings is 2. The summed E-state index contributed by atoms with van der Waals surface area (Å²) in [6.07, 6.45) is -2.08. The highest BCUT2D eigenvalue weighted by Crippen LogP contribution is 2.59. The van der Waals surface area contributed by atoms with Crippen LogP contribution in [0.5, 0.6) is 0 Å². The smallest absolute Gasteiger partial charge is 0.229 e. The van der Waals surface area contributed by atoms with Crippen molar-refractivity contribution in [3.8, 4) is 0 Å². The van der Waals surface area contributed by atoms with E-state index in [2.05, 4.69) is 39.8 Å². The van der Waals surface area contributed by atoms with Crippen molar-refractivity contribution in [2.45, 2.75) is 81.4 Å². The van der Waals surface area contributed by atoms with Crippen LogP contribution in [0.1, 0.15) is 51.2 Å². The van der Waals surface area contributed by atoms with Crippen LogP contribution in [0.4, 0.5) is 0 Å². The van der Waals surface area contributed by atoms with Crippen LogP contribution in [-0.2, 0) is 28.1 Å². The number of epoxide rings is 1. The fourth-order valence-corrected chi connectivity index (χ4v) is 7.77. The molecule has 6 nitrogen and oxygen atoms in total. The molecule has 3 aliphatic rings. The van der Waals surface area contributed by atoms with Crippen LogP contribution in [0.15, 0.2) is 60.7 Å². The van der Waals surface area contributed by atoms with Gasteiger partial charge in [0, 0.05) is 12.7 Å². The Hall–Kier alpha value is -1.58. The molecule has 0 aliphatic carbocycles. The van der Waals surface area contributed by atoms with Gasteiger partial charge in [-0.3, -0.25) is 0 Å². The van der Waals surface area contributed by atoms with Gasteiger partial charge in [0.1, 0.15) is 30.5 Å². The average molecular weight is 484 g/mol. The van der Waals surface area contributed by atoms with Gasteiger partial charge >= 0.3 is 0 Å². The Morgan fingerprint density at radius 1 is 0.882 bits per heavy atom. The van der Waals surface area contributed by atoms with Crippen LogP contribution >= 0.6 is 0 Å². The first-order valence-corrected chi connectivity index (χ1v) is 13.8.